The van der Waals surface area contributed by atoms with Gasteiger partial charge in [0, 0.05) is 19.0 Å². The summed E-state index contributed by atoms with van der Waals surface area (Å²) in [6, 6.07) is 5.29. The van der Waals surface area contributed by atoms with Crippen LogP contribution in [0.4, 0.5) is 11.4 Å². The van der Waals surface area contributed by atoms with Crippen LogP contribution < -0.4 is 16.4 Å². The number of para-hydroxylation sites is 1. The van der Waals surface area contributed by atoms with E-state index in [1.54, 1.807) is 25.1 Å². The Labute approximate surface area is 117 Å². The molecule has 1 heterocycles. The molecule has 0 bridgehead atoms. The zero-order valence-corrected chi connectivity index (χ0v) is 11.4. The first-order valence-electron chi connectivity index (χ1n) is 6.70. The van der Waals surface area contributed by atoms with Crippen LogP contribution in [-0.2, 0) is 9.53 Å². The Bertz CT molecular complexity index is 516. The van der Waals surface area contributed by atoms with Crippen LogP contribution in [0.3, 0.4) is 0 Å². The summed E-state index contributed by atoms with van der Waals surface area (Å²) in [5.74, 6) is -0.354. The molecule has 0 saturated carbocycles. The van der Waals surface area contributed by atoms with Gasteiger partial charge in [-0.05, 0) is 25.5 Å². The minimum Gasteiger partial charge on any atom is -0.462 e. The second-order valence-corrected chi connectivity index (χ2v) is 4.67. The van der Waals surface area contributed by atoms with Gasteiger partial charge in [0.15, 0.2) is 0 Å². The summed E-state index contributed by atoms with van der Waals surface area (Å²) in [4.78, 5) is 22.9. The highest BCUT2D eigenvalue weighted by atomic mass is 16.5. The lowest BCUT2D eigenvalue weighted by Crippen LogP contribution is -2.32. The first-order chi connectivity index (χ1) is 9.61. The van der Waals surface area contributed by atoms with E-state index in [0.29, 0.717) is 36.5 Å². The van der Waals surface area contributed by atoms with Crippen LogP contribution in [-0.4, -0.2) is 31.1 Å². The molecule has 6 nitrogen and oxygen atoms in total. The largest absolute Gasteiger partial charge is 0.462 e. The normalized spacial score (nSPS) is 17.6. The number of nitrogens with two attached hydrogens (primary N) is 1. The van der Waals surface area contributed by atoms with Gasteiger partial charge >= 0.3 is 5.97 Å². The maximum absolute atomic E-state index is 11.7. The van der Waals surface area contributed by atoms with Crippen molar-refractivity contribution in [2.45, 2.75) is 25.8 Å². The molecule has 0 aliphatic carbocycles. The third-order valence-electron chi connectivity index (χ3n) is 3.23. The fourth-order valence-corrected chi connectivity index (χ4v) is 2.17. The maximum Gasteiger partial charge on any atom is 0.340 e. The molecule has 1 fully saturated rings. The molecule has 1 atom stereocenters. The van der Waals surface area contributed by atoms with Gasteiger partial charge in [-0.15, -0.1) is 0 Å². The van der Waals surface area contributed by atoms with Gasteiger partial charge < -0.3 is 21.1 Å². The number of esters is 1. The number of nitrogen functional groups attached to an aromatic ring is 1. The van der Waals surface area contributed by atoms with Crippen LogP contribution in [0.15, 0.2) is 18.2 Å². The Hall–Kier alpha value is -2.24. The first kappa shape index (κ1) is 14.2. The van der Waals surface area contributed by atoms with Crippen molar-refractivity contribution in [3.63, 3.8) is 0 Å². The average Bonchev–Trinajstić information content (AvgIpc) is 2.83. The van der Waals surface area contributed by atoms with Crippen molar-refractivity contribution in [3.8, 4) is 0 Å². The molecule has 1 aromatic carbocycles. The first-order valence-corrected chi connectivity index (χ1v) is 6.70. The molecule has 0 spiro atoms. The molecule has 0 radical (unpaired) electrons. The van der Waals surface area contributed by atoms with E-state index in [1.165, 1.54) is 0 Å². The average molecular weight is 277 g/mol. The summed E-state index contributed by atoms with van der Waals surface area (Å²) in [5, 5.41) is 6.03. The van der Waals surface area contributed by atoms with Gasteiger partial charge in [-0.25, -0.2) is 4.79 Å². The predicted octanol–water partition coefficient (Wildman–Crippen LogP) is 1.14. The highest BCUT2D eigenvalue weighted by Gasteiger charge is 2.21. The van der Waals surface area contributed by atoms with Gasteiger partial charge in [0.1, 0.15) is 0 Å². The summed E-state index contributed by atoms with van der Waals surface area (Å²) in [6.45, 7) is 2.64. The third kappa shape index (κ3) is 3.20. The highest BCUT2D eigenvalue weighted by molar-refractivity contribution is 5.98. The molecule has 20 heavy (non-hydrogen) atoms. The van der Waals surface area contributed by atoms with Crippen molar-refractivity contribution < 1.29 is 14.3 Å². The Kier molecular flexibility index (Phi) is 4.45. The van der Waals surface area contributed by atoms with E-state index in [-0.39, 0.29) is 11.9 Å². The number of benzene rings is 1. The molecule has 2 rings (SSSR count). The second-order valence-electron chi connectivity index (χ2n) is 4.67. The molecular weight excluding hydrogens is 258 g/mol. The van der Waals surface area contributed by atoms with E-state index in [4.69, 9.17) is 10.5 Å². The quantitative estimate of drug-likeness (QED) is 0.554. The second kappa shape index (κ2) is 6.27. The molecule has 6 heteroatoms. The van der Waals surface area contributed by atoms with E-state index in [1.807, 2.05) is 0 Å². The lowest BCUT2D eigenvalue weighted by atomic mass is 10.1. The molecule has 1 aliphatic rings. The number of ether oxygens (including phenoxy) is 1. The predicted molar refractivity (Wildman–Crippen MR) is 76.5 cm³/mol. The lowest BCUT2D eigenvalue weighted by molar-refractivity contribution is -0.119. The van der Waals surface area contributed by atoms with Crippen LogP contribution >= 0.6 is 0 Å². The molecule has 1 saturated heterocycles. The maximum atomic E-state index is 11.7. The number of carbonyl (C=O) groups excluding carboxylic acids is 2. The smallest absolute Gasteiger partial charge is 0.340 e. The molecule has 1 aliphatic heterocycles. The fraction of sp³-hybridized carbons (Fsp3) is 0.429. The molecule has 108 valence electrons. The van der Waals surface area contributed by atoms with E-state index in [2.05, 4.69) is 10.6 Å². The Balaban J connectivity index is 2.03. The van der Waals surface area contributed by atoms with Crippen molar-refractivity contribution in [2.24, 2.45) is 0 Å². The zero-order valence-electron chi connectivity index (χ0n) is 11.4. The number of rotatable bonds is 5. The number of carbonyl (C=O) groups is 2. The molecule has 1 amide bonds. The van der Waals surface area contributed by atoms with Gasteiger partial charge in [0.2, 0.25) is 5.91 Å². The summed E-state index contributed by atoms with van der Waals surface area (Å²) in [7, 11) is 0. The van der Waals surface area contributed by atoms with E-state index in [9.17, 15) is 9.59 Å². The summed E-state index contributed by atoms with van der Waals surface area (Å²) >= 11 is 0. The third-order valence-corrected chi connectivity index (χ3v) is 3.23. The monoisotopic (exact) mass is 277 g/mol. The topological polar surface area (TPSA) is 93.4 Å². The number of hydrogen-bond donors (Lipinski definition) is 3. The van der Waals surface area contributed by atoms with Gasteiger partial charge in [0.05, 0.1) is 23.5 Å². The zero-order chi connectivity index (χ0) is 14.5. The summed E-state index contributed by atoms with van der Waals surface area (Å²) in [5.41, 5.74) is 7.38. The molecule has 1 unspecified atom stereocenters. The van der Waals surface area contributed by atoms with Crippen LogP contribution in [0, 0.1) is 0 Å². The summed E-state index contributed by atoms with van der Waals surface area (Å²) in [6.07, 6.45) is 1.37. The van der Waals surface area contributed by atoms with Gasteiger partial charge in [-0.2, -0.15) is 0 Å². The number of nitrogens with one attached hydrogen (secondary N) is 2. The standard InChI is InChI=1S/C14H19N3O3/c1-2-20-14(19)10-4-3-5-11(13(10)15)16-8-9-6-7-12(18)17-9/h3-5,9,16H,2,6-8,15H2,1H3,(H,17,18). The van der Waals surface area contributed by atoms with Crippen LogP contribution in [0.2, 0.25) is 0 Å². The Morgan fingerprint density at radius 2 is 2.35 bits per heavy atom. The lowest BCUT2D eigenvalue weighted by Gasteiger charge is -2.15. The van der Waals surface area contributed by atoms with Crippen LogP contribution in [0.1, 0.15) is 30.1 Å². The molecule has 4 N–H and O–H groups in total. The SMILES string of the molecule is CCOC(=O)c1cccc(NCC2CCC(=O)N2)c1N. The fourth-order valence-electron chi connectivity index (χ4n) is 2.17. The molecule has 0 aromatic heterocycles. The van der Waals surface area contributed by atoms with Crippen molar-refractivity contribution in [1.29, 1.82) is 0 Å². The van der Waals surface area contributed by atoms with Crippen molar-refractivity contribution in [3.05, 3.63) is 23.8 Å². The van der Waals surface area contributed by atoms with E-state index < -0.39 is 5.97 Å². The van der Waals surface area contributed by atoms with Crippen LogP contribution in [0.5, 0.6) is 0 Å². The number of amides is 1. The van der Waals surface area contributed by atoms with E-state index in [0.717, 1.165) is 6.42 Å². The molecular formula is C14H19N3O3. The summed E-state index contributed by atoms with van der Waals surface area (Å²) < 4.78 is 4.95. The number of hydrogen-bond acceptors (Lipinski definition) is 5. The Morgan fingerprint density at radius 1 is 1.55 bits per heavy atom. The van der Waals surface area contributed by atoms with Gasteiger partial charge in [-0.3, -0.25) is 4.79 Å². The van der Waals surface area contributed by atoms with E-state index >= 15 is 0 Å². The van der Waals surface area contributed by atoms with Crippen molar-refractivity contribution >= 4 is 23.3 Å². The van der Waals surface area contributed by atoms with Crippen molar-refractivity contribution in [2.75, 3.05) is 24.2 Å². The highest BCUT2D eigenvalue weighted by Crippen LogP contribution is 2.23. The van der Waals surface area contributed by atoms with Crippen molar-refractivity contribution in [1.82, 2.24) is 5.32 Å². The van der Waals surface area contributed by atoms with Gasteiger partial charge in [0.25, 0.3) is 0 Å². The Morgan fingerprint density at radius 3 is 3.00 bits per heavy atom. The minimum atomic E-state index is -0.428. The van der Waals surface area contributed by atoms with Crippen LogP contribution in [0.25, 0.3) is 0 Å². The van der Waals surface area contributed by atoms with Gasteiger partial charge in [-0.1, -0.05) is 6.07 Å². The number of anilines is 2. The molecule has 1 aromatic rings. The minimum absolute atomic E-state index is 0.0741.